The highest BCUT2D eigenvalue weighted by molar-refractivity contribution is 6.20. The molecule has 194 valence electrons. The van der Waals surface area contributed by atoms with Crippen LogP contribution in [-0.2, 0) is 22.6 Å². The van der Waals surface area contributed by atoms with E-state index in [2.05, 4.69) is 21.8 Å². The lowest BCUT2D eigenvalue weighted by Gasteiger charge is -2.21. The van der Waals surface area contributed by atoms with Crippen LogP contribution >= 0.6 is 0 Å². The van der Waals surface area contributed by atoms with Crippen molar-refractivity contribution in [2.24, 2.45) is 0 Å². The summed E-state index contributed by atoms with van der Waals surface area (Å²) in [6.45, 7) is 0.376. The number of rotatable bonds is 6. The van der Waals surface area contributed by atoms with E-state index in [1.165, 1.54) is 20.3 Å². The van der Waals surface area contributed by atoms with E-state index in [4.69, 9.17) is 20.9 Å². The predicted molar refractivity (Wildman–Crippen MR) is 146 cm³/mol. The van der Waals surface area contributed by atoms with Gasteiger partial charge in [0.1, 0.15) is 5.82 Å². The van der Waals surface area contributed by atoms with Crippen molar-refractivity contribution in [3.8, 4) is 23.3 Å². The number of hydrogen-bond acceptors (Lipinski definition) is 8. The van der Waals surface area contributed by atoms with Crippen molar-refractivity contribution in [3.05, 3.63) is 106 Å². The first-order valence-electron chi connectivity index (χ1n) is 12.1. The average molecular weight is 520 g/mol. The molecule has 5 rings (SSSR count). The first-order valence-corrected chi connectivity index (χ1v) is 12.1. The van der Waals surface area contributed by atoms with Gasteiger partial charge < -0.3 is 25.8 Å². The van der Waals surface area contributed by atoms with Crippen LogP contribution in [0.2, 0.25) is 0 Å². The number of ether oxygens (including phenoxy) is 2. The topological polar surface area (TPSA) is 134 Å². The number of nitrogens with zero attached hydrogens (tertiary/aromatic N) is 3. The molecule has 0 saturated carbocycles. The normalized spacial score (nSPS) is 14.1. The van der Waals surface area contributed by atoms with E-state index in [9.17, 15) is 9.59 Å². The number of methoxy groups -OCH3 is 2. The van der Waals surface area contributed by atoms with E-state index in [1.54, 1.807) is 23.2 Å². The van der Waals surface area contributed by atoms with E-state index in [0.29, 0.717) is 46.9 Å². The number of allylic oxidation sites excluding steroid dienone is 4. The first kappa shape index (κ1) is 25.3. The van der Waals surface area contributed by atoms with Gasteiger partial charge >= 0.3 is 0 Å². The Morgan fingerprint density at radius 1 is 0.974 bits per heavy atom. The lowest BCUT2D eigenvalue weighted by atomic mass is 9.96. The molecule has 0 radical (unpaired) electrons. The molecule has 2 heterocycles. The van der Waals surface area contributed by atoms with Gasteiger partial charge in [0.15, 0.2) is 11.5 Å². The van der Waals surface area contributed by atoms with E-state index in [-0.39, 0.29) is 29.0 Å². The quantitative estimate of drug-likeness (QED) is 0.475. The Hall–Kier alpha value is -5.36. The summed E-state index contributed by atoms with van der Waals surface area (Å²) in [7, 11) is 3.05. The van der Waals surface area contributed by atoms with Crippen molar-refractivity contribution in [1.82, 2.24) is 14.9 Å². The summed E-state index contributed by atoms with van der Waals surface area (Å²) in [4.78, 5) is 35.6. The second kappa shape index (κ2) is 10.6. The van der Waals surface area contributed by atoms with Gasteiger partial charge in [0, 0.05) is 24.3 Å². The fourth-order valence-electron chi connectivity index (χ4n) is 4.45. The van der Waals surface area contributed by atoms with Crippen molar-refractivity contribution in [2.75, 3.05) is 25.7 Å². The van der Waals surface area contributed by atoms with Crippen LogP contribution in [0.25, 0.3) is 0 Å². The highest BCUT2D eigenvalue weighted by Gasteiger charge is 2.34. The van der Waals surface area contributed by atoms with Crippen LogP contribution in [-0.4, -0.2) is 40.8 Å². The Labute approximate surface area is 225 Å². The minimum atomic E-state index is -0.308. The van der Waals surface area contributed by atoms with Gasteiger partial charge in [-0.05, 0) is 35.4 Å². The molecule has 2 aromatic carbocycles. The summed E-state index contributed by atoms with van der Waals surface area (Å²) in [5.74, 6) is 6.75. The first-order chi connectivity index (χ1) is 18.9. The lowest BCUT2D eigenvalue weighted by molar-refractivity contribution is -0.123. The maximum atomic E-state index is 13.3. The highest BCUT2D eigenvalue weighted by atomic mass is 16.5. The highest BCUT2D eigenvalue weighted by Crippen LogP contribution is 2.34. The smallest absolute Gasteiger partial charge is 0.252 e. The number of fused-ring (bicyclic) bond motifs is 1. The largest absolute Gasteiger partial charge is 0.493 e. The Morgan fingerprint density at radius 3 is 2.49 bits per heavy atom. The Bertz CT molecular complexity index is 1640. The van der Waals surface area contributed by atoms with Gasteiger partial charge in [-0.1, -0.05) is 42.2 Å². The third kappa shape index (κ3) is 5.08. The van der Waals surface area contributed by atoms with Gasteiger partial charge in [-0.2, -0.15) is 4.98 Å². The summed E-state index contributed by atoms with van der Waals surface area (Å²) in [6, 6.07) is 13.3. The molecule has 2 aliphatic rings. The fraction of sp³-hybridized carbons (Fsp3) is 0.133. The molecular formula is C30H25N5O4. The number of nitrogen functional groups attached to an aromatic ring is 2. The Morgan fingerprint density at radius 2 is 1.77 bits per heavy atom. The minimum absolute atomic E-state index is 0.0972. The van der Waals surface area contributed by atoms with Crippen LogP contribution in [0.1, 0.15) is 22.3 Å². The number of benzene rings is 2. The molecule has 1 amide bonds. The molecule has 4 N–H and O–H groups in total. The Kier molecular flexibility index (Phi) is 6.85. The number of amides is 1. The molecule has 0 saturated heterocycles. The lowest BCUT2D eigenvalue weighted by Crippen LogP contribution is -2.25. The van der Waals surface area contributed by atoms with E-state index in [1.807, 2.05) is 42.5 Å². The number of carbonyl (C=O) groups is 2. The second-order valence-electron chi connectivity index (χ2n) is 8.87. The summed E-state index contributed by atoms with van der Waals surface area (Å²) < 4.78 is 11.1. The van der Waals surface area contributed by atoms with Crippen molar-refractivity contribution in [1.29, 1.82) is 0 Å². The molecule has 0 atom stereocenters. The number of Topliss-reactive ketones (excluding diaryl/α,β-unsaturated/α-hetero) is 1. The number of hydrogen-bond donors (Lipinski definition) is 2. The van der Waals surface area contributed by atoms with Crippen molar-refractivity contribution < 1.29 is 19.1 Å². The van der Waals surface area contributed by atoms with Crippen molar-refractivity contribution in [2.45, 2.75) is 13.0 Å². The minimum Gasteiger partial charge on any atom is -0.493 e. The number of ketones is 1. The molecular weight excluding hydrogens is 494 g/mol. The molecule has 1 aromatic heterocycles. The number of carbonyl (C=O) groups excluding carboxylic acids is 2. The zero-order valence-electron chi connectivity index (χ0n) is 21.4. The standard InChI is InChI=1S/C30H25N5O4/c1-38-25-14-19(13-22-16-33-30(32)34-29(22)31)12-21(28(25)39-2)9-8-20-10-11-24-23(27(20)37)15-26(36)35(24)17-18-6-4-3-5-7-18/h3-7,10-12,14-16H,13,17H2,1-2H3,(H4,31,32,33,34). The number of anilines is 2. The summed E-state index contributed by atoms with van der Waals surface area (Å²) in [5, 5.41) is 0. The molecule has 0 unspecified atom stereocenters. The van der Waals surface area contributed by atoms with E-state index >= 15 is 0 Å². The third-order valence-corrected chi connectivity index (χ3v) is 6.36. The van der Waals surface area contributed by atoms with Gasteiger partial charge in [0.2, 0.25) is 11.7 Å². The fourth-order valence-corrected chi connectivity index (χ4v) is 4.45. The molecule has 0 bridgehead atoms. The molecule has 9 heteroatoms. The zero-order valence-corrected chi connectivity index (χ0v) is 21.4. The summed E-state index contributed by atoms with van der Waals surface area (Å²) >= 11 is 0. The van der Waals surface area contributed by atoms with Crippen LogP contribution < -0.4 is 20.9 Å². The van der Waals surface area contributed by atoms with Crippen LogP contribution in [0.15, 0.2) is 83.7 Å². The average Bonchev–Trinajstić information content (AvgIpc) is 3.25. The van der Waals surface area contributed by atoms with Crippen molar-refractivity contribution in [3.63, 3.8) is 0 Å². The molecule has 9 nitrogen and oxygen atoms in total. The van der Waals surface area contributed by atoms with Crippen LogP contribution in [0, 0.1) is 11.8 Å². The molecule has 1 aliphatic carbocycles. The van der Waals surface area contributed by atoms with Gasteiger partial charge in [-0.15, -0.1) is 0 Å². The SMILES string of the molecule is COc1cc(Cc2cnc(N)nc2N)cc(C#CC2=CC=C3C(=CC(=O)N3Cc3ccccc3)C2=O)c1OC. The second-order valence-corrected chi connectivity index (χ2v) is 8.87. The molecule has 3 aromatic rings. The maximum absolute atomic E-state index is 13.3. The van der Waals surface area contributed by atoms with Crippen LogP contribution in [0.3, 0.4) is 0 Å². The monoisotopic (exact) mass is 519 g/mol. The summed E-state index contributed by atoms with van der Waals surface area (Å²) in [5.41, 5.74) is 15.8. The van der Waals surface area contributed by atoms with Gasteiger partial charge in [-0.3, -0.25) is 9.59 Å². The van der Waals surface area contributed by atoms with Crippen molar-refractivity contribution >= 4 is 23.5 Å². The molecule has 1 aliphatic heterocycles. The summed E-state index contributed by atoms with van der Waals surface area (Å²) in [6.07, 6.45) is 6.74. The van der Waals surface area contributed by atoms with Gasteiger partial charge in [0.25, 0.3) is 5.91 Å². The van der Waals surface area contributed by atoms with Gasteiger partial charge in [-0.25, -0.2) is 4.98 Å². The number of nitrogens with two attached hydrogens (primary N) is 2. The third-order valence-electron chi connectivity index (χ3n) is 6.36. The maximum Gasteiger partial charge on any atom is 0.252 e. The predicted octanol–water partition coefficient (Wildman–Crippen LogP) is 2.96. The molecule has 39 heavy (non-hydrogen) atoms. The van der Waals surface area contributed by atoms with Crippen LogP contribution in [0.4, 0.5) is 11.8 Å². The molecule has 0 spiro atoms. The van der Waals surface area contributed by atoms with E-state index < -0.39 is 0 Å². The van der Waals surface area contributed by atoms with Crippen LogP contribution in [0.5, 0.6) is 11.5 Å². The molecule has 0 fully saturated rings. The number of aromatic nitrogens is 2. The zero-order chi connectivity index (χ0) is 27.5. The van der Waals surface area contributed by atoms with Gasteiger partial charge in [0.05, 0.1) is 43.2 Å². The Balaban J connectivity index is 1.46. The van der Waals surface area contributed by atoms with E-state index in [0.717, 1.165) is 11.1 Å².